The molecule has 4 rings (SSSR count). The minimum atomic E-state index is -0.0788. The van der Waals surface area contributed by atoms with Crippen molar-refractivity contribution in [3.63, 3.8) is 0 Å². The van der Waals surface area contributed by atoms with Crippen LogP contribution in [0.4, 0.5) is 11.6 Å². The second kappa shape index (κ2) is 11.6. The maximum Gasteiger partial charge on any atom is 0.267 e. The molecule has 182 valence electrons. The molecule has 2 aromatic heterocycles. The number of carbonyl (C=O) groups is 1. The average molecular weight is 471 g/mol. The fraction of sp³-hybridized carbons (Fsp3) is 0.321. The lowest BCUT2D eigenvalue weighted by Crippen LogP contribution is -2.33. The highest BCUT2D eigenvalue weighted by Crippen LogP contribution is 2.23. The van der Waals surface area contributed by atoms with E-state index in [0.717, 1.165) is 60.3 Å². The monoisotopic (exact) mass is 470 g/mol. The Bertz CT molecular complexity index is 1250. The summed E-state index contributed by atoms with van der Waals surface area (Å²) in [5.74, 6) is 0.447. The number of aromatic nitrogens is 3. The molecule has 0 aliphatic heterocycles. The van der Waals surface area contributed by atoms with Crippen LogP contribution in [0.25, 0.3) is 22.2 Å². The molecular weight excluding hydrogens is 436 g/mol. The Hall–Kier alpha value is -3.71. The van der Waals surface area contributed by atoms with Gasteiger partial charge in [-0.15, -0.1) is 0 Å². The van der Waals surface area contributed by atoms with Crippen LogP contribution in [0, 0.1) is 0 Å². The van der Waals surface area contributed by atoms with E-state index in [4.69, 9.17) is 0 Å². The number of aromatic amines is 1. The zero-order valence-electron chi connectivity index (χ0n) is 20.7. The molecule has 0 bridgehead atoms. The lowest BCUT2D eigenvalue weighted by Gasteiger charge is -2.19. The summed E-state index contributed by atoms with van der Waals surface area (Å²) in [6.07, 6.45) is 3.77. The van der Waals surface area contributed by atoms with Crippen LogP contribution in [0.3, 0.4) is 0 Å². The first-order chi connectivity index (χ1) is 17.1. The van der Waals surface area contributed by atoms with E-state index in [1.165, 1.54) is 0 Å². The van der Waals surface area contributed by atoms with E-state index in [-0.39, 0.29) is 11.9 Å². The van der Waals surface area contributed by atoms with E-state index < -0.39 is 0 Å². The third-order valence-electron chi connectivity index (χ3n) is 6.23. The molecule has 0 spiro atoms. The Balaban J connectivity index is 1.39. The minimum Gasteiger partial charge on any atom is -0.351 e. The lowest BCUT2D eigenvalue weighted by molar-refractivity contribution is 0.0933. The first-order valence-electron chi connectivity index (χ1n) is 12.4. The highest BCUT2D eigenvalue weighted by molar-refractivity contribution is 5.98. The van der Waals surface area contributed by atoms with Gasteiger partial charge in [-0.3, -0.25) is 4.79 Å². The molecule has 1 unspecified atom stereocenters. The molecule has 0 fully saturated rings. The van der Waals surface area contributed by atoms with Crippen LogP contribution in [-0.2, 0) is 0 Å². The van der Waals surface area contributed by atoms with E-state index in [2.05, 4.69) is 51.3 Å². The number of hydrogen-bond donors (Lipinski definition) is 3. The Morgan fingerprint density at radius 2 is 1.86 bits per heavy atom. The number of nitrogens with zero attached hydrogens (tertiary/aromatic N) is 3. The van der Waals surface area contributed by atoms with Gasteiger partial charge in [0.25, 0.3) is 5.91 Å². The van der Waals surface area contributed by atoms with Gasteiger partial charge in [0.15, 0.2) is 0 Å². The van der Waals surface area contributed by atoms with Gasteiger partial charge in [-0.25, -0.2) is 9.97 Å². The Kier molecular flexibility index (Phi) is 8.11. The molecule has 0 aliphatic carbocycles. The third-order valence-corrected chi connectivity index (χ3v) is 6.23. The van der Waals surface area contributed by atoms with E-state index in [1.807, 2.05) is 60.7 Å². The van der Waals surface area contributed by atoms with Crippen molar-refractivity contribution in [2.75, 3.05) is 25.0 Å². The van der Waals surface area contributed by atoms with E-state index in [1.54, 1.807) is 6.20 Å². The van der Waals surface area contributed by atoms with Crippen molar-refractivity contribution in [2.24, 2.45) is 0 Å². The molecule has 0 aliphatic rings. The zero-order valence-corrected chi connectivity index (χ0v) is 20.7. The van der Waals surface area contributed by atoms with Crippen molar-refractivity contribution >= 4 is 28.4 Å². The van der Waals surface area contributed by atoms with Gasteiger partial charge in [0.2, 0.25) is 5.95 Å². The lowest BCUT2D eigenvalue weighted by atomic mass is 10.1. The van der Waals surface area contributed by atoms with Gasteiger partial charge in [0.1, 0.15) is 5.69 Å². The number of nitrogens with one attached hydrogen (secondary N) is 3. The SMILES string of the molecule is CCN(CC)CCCC(C)NC(=O)c1cc2cc(Nc3nccc(-c4ccccc4)n3)ccc2[nH]1. The number of fused-ring (bicyclic) bond motifs is 1. The van der Waals surface area contributed by atoms with Crippen LogP contribution in [-0.4, -0.2) is 51.4 Å². The van der Waals surface area contributed by atoms with Gasteiger partial charge < -0.3 is 20.5 Å². The molecule has 3 N–H and O–H groups in total. The number of amides is 1. The van der Waals surface area contributed by atoms with Gasteiger partial charge in [-0.2, -0.15) is 0 Å². The summed E-state index contributed by atoms with van der Waals surface area (Å²) in [5, 5.41) is 7.35. The smallest absolute Gasteiger partial charge is 0.267 e. The van der Waals surface area contributed by atoms with Crippen LogP contribution < -0.4 is 10.6 Å². The molecule has 1 atom stereocenters. The summed E-state index contributed by atoms with van der Waals surface area (Å²) in [6, 6.07) is 19.8. The van der Waals surface area contributed by atoms with E-state index in [0.29, 0.717) is 11.6 Å². The Labute approximate surface area is 207 Å². The predicted molar refractivity (Wildman–Crippen MR) is 143 cm³/mol. The maximum absolute atomic E-state index is 12.8. The number of rotatable bonds is 11. The van der Waals surface area contributed by atoms with Crippen molar-refractivity contribution in [3.8, 4) is 11.3 Å². The molecule has 7 nitrogen and oxygen atoms in total. The van der Waals surface area contributed by atoms with Crippen molar-refractivity contribution in [1.29, 1.82) is 0 Å². The van der Waals surface area contributed by atoms with Gasteiger partial charge in [-0.1, -0.05) is 44.2 Å². The fourth-order valence-corrected chi connectivity index (χ4v) is 4.19. The number of anilines is 2. The Morgan fingerprint density at radius 1 is 1.06 bits per heavy atom. The van der Waals surface area contributed by atoms with E-state index >= 15 is 0 Å². The summed E-state index contributed by atoms with van der Waals surface area (Å²) in [4.78, 5) is 27.4. The van der Waals surface area contributed by atoms with Gasteiger partial charge >= 0.3 is 0 Å². The van der Waals surface area contributed by atoms with Crippen molar-refractivity contribution in [3.05, 3.63) is 72.6 Å². The highest BCUT2D eigenvalue weighted by atomic mass is 16.1. The first-order valence-corrected chi connectivity index (χ1v) is 12.4. The first kappa shape index (κ1) is 24.4. The van der Waals surface area contributed by atoms with Gasteiger partial charge in [-0.05, 0) is 69.7 Å². The number of hydrogen-bond acceptors (Lipinski definition) is 5. The summed E-state index contributed by atoms with van der Waals surface area (Å²) in [7, 11) is 0. The van der Waals surface area contributed by atoms with E-state index in [9.17, 15) is 4.79 Å². The molecule has 2 heterocycles. The van der Waals surface area contributed by atoms with Crippen LogP contribution in [0.1, 0.15) is 44.1 Å². The molecule has 0 saturated heterocycles. The summed E-state index contributed by atoms with van der Waals surface area (Å²) < 4.78 is 0. The average Bonchev–Trinajstić information content (AvgIpc) is 3.31. The summed E-state index contributed by atoms with van der Waals surface area (Å²) in [6.45, 7) is 9.62. The van der Waals surface area contributed by atoms with Crippen LogP contribution >= 0.6 is 0 Å². The molecule has 35 heavy (non-hydrogen) atoms. The van der Waals surface area contributed by atoms with Crippen LogP contribution in [0.15, 0.2) is 66.9 Å². The van der Waals surface area contributed by atoms with Gasteiger partial charge in [0.05, 0.1) is 5.69 Å². The molecule has 4 aromatic rings. The Morgan fingerprint density at radius 3 is 2.63 bits per heavy atom. The molecule has 0 radical (unpaired) electrons. The van der Waals surface area contributed by atoms with Crippen molar-refractivity contribution < 1.29 is 4.79 Å². The maximum atomic E-state index is 12.8. The van der Waals surface area contributed by atoms with Crippen molar-refractivity contribution in [2.45, 2.75) is 39.7 Å². The fourth-order valence-electron chi connectivity index (χ4n) is 4.19. The molecule has 2 aromatic carbocycles. The highest BCUT2D eigenvalue weighted by Gasteiger charge is 2.13. The summed E-state index contributed by atoms with van der Waals surface area (Å²) >= 11 is 0. The molecule has 0 saturated carbocycles. The largest absolute Gasteiger partial charge is 0.351 e. The topological polar surface area (TPSA) is 85.9 Å². The van der Waals surface area contributed by atoms with Crippen molar-refractivity contribution in [1.82, 2.24) is 25.2 Å². The number of carbonyl (C=O) groups excluding carboxylic acids is 1. The summed E-state index contributed by atoms with van der Waals surface area (Å²) in [5.41, 5.74) is 4.23. The predicted octanol–water partition coefficient (Wildman–Crippen LogP) is 5.61. The third kappa shape index (κ3) is 6.45. The number of H-pyrrole nitrogens is 1. The second-order valence-electron chi connectivity index (χ2n) is 8.79. The second-order valence-corrected chi connectivity index (χ2v) is 8.79. The quantitative estimate of drug-likeness (QED) is 0.265. The molecule has 7 heteroatoms. The van der Waals surface area contributed by atoms with Crippen LogP contribution in [0.5, 0.6) is 0 Å². The van der Waals surface area contributed by atoms with Gasteiger partial charge in [0, 0.05) is 34.4 Å². The normalized spacial score (nSPS) is 12.1. The molecular formula is C28H34N6O. The van der Waals surface area contributed by atoms with Crippen LogP contribution in [0.2, 0.25) is 0 Å². The number of benzene rings is 2. The molecule has 1 amide bonds. The minimum absolute atomic E-state index is 0.0788. The standard InChI is InChI=1S/C28H34N6O/c1-4-34(5-2)17-9-10-20(3)30-27(35)26-19-22-18-23(13-14-24(22)32-26)31-28-29-16-15-25(33-28)21-11-7-6-8-12-21/h6-8,11-16,18-20,32H,4-5,9-10,17H2,1-3H3,(H,30,35)(H,29,31,33). The zero-order chi connectivity index (χ0) is 24.6.